The standard InChI is InChI=1S/C19H20FN5S/c20-16-5-3-14(4-6-16)12-18-23-24-19(26-18)22-13-15-7-8-21-17(11-15)25-9-1-2-10-25/h3-8,11H,1-2,9-10,12-13H2,(H,22,24). The summed E-state index contributed by atoms with van der Waals surface area (Å²) in [5.74, 6) is 0.829. The average molecular weight is 369 g/mol. The molecule has 0 saturated carbocycles. The van der Waals surface area contributed by atoms with E-state index in [0.717, 1.165) is 34.6 Å². The maximum Gasteiger partial charge on any atom is 0.205 e. The molecule has 0 atom stereocenters. The summed E-state index contributed by atoms with van der Waals surface area (Å²) in [4.78, 5) is 6.81. The molecule has 7 heteroatoms. The number of nitrogens with zero attached hydrogens (tertiary/aromatic N) is 4. The van der Waals surface area contributed by atoms with Gasteiger partial charge in [-0.2, -0.15) is 0 Å². The Labute approximate surface area is 155 Å². The van der Waals surface area contributed by atoms with Crippen LogP contribution in [0.1, 0.15) is 29.0 Å². The lowest BCUT2D eigenvalue weighted by atomic mass is 10.2. The van der Waals surface area contributed by atoms with Crippen LogP contribution < -0.4 is 10.2 Å². The van der Waals surface area contributed by atoms with E-state index in [1.165, 1.54) is 41.9 Å². The van der Waals surface area contributed by atoms with Gasteiger partial charge in [0.1, 0.15) is 16.6 Å². The summed E-state index contributed by atoms with van der Waals surface area (Å²) in [5.41, 5.74) is 2.20. The molecular weight excluding hydrogens is 349 g/mol. The van der Waals surface area contributed by atoms with Crippen LogP contribution in [-0.2, 0) is 13.0 Å². The van der Waals surface area contributed by atoms with Gasteiger partial charge in [0.25, 0.3) is 0 Å². The van der Waals surface area contributed by atoms with E-state index in [2.05, 4.69) is 31.5 Å². The Kier molecular flexibility index (Phi) is 5.06. The second-order valence-electron chi connectivity index (χ2n) is 6.37. The number of pyridine rings is 1. The highest BCUT2D eigenvalue weighted by Gasteiger charge is 2.13. The second kappa shape index (κ2) is 7.78. The van der Waals surface area contributed by atoms with Gasteiger partial charge in [-0.15, -0.1) is 10.2 Å². The second-order valence-corrected chi connectivity index (χ2v) is 7.44. The van der Waals surface area contributed by atoms with Gasteiger partial charge in [-0.05, 0) is 48.2 Å². The minimum Gasteiger partial charge on any atom is -0.357 e. The van der Waals surface area contributed by atoms with Gasteiger partial charge in [0, 0.05) is 32.3 Å². The summed E-state index contributed by atoms with van der Waals surface area (Å²) in [5, 5.41) is 13.5. The van der Waals surface area contributed by atoms with Crippen molar-refractivity contribution in [1.29, 1.82) is 0 Å². The third kappa shape index (κ3) is 4.16. The molecule has 1 N–H and O–H groups in total. The van der Waals surface area contributed by atoms with E-state index >= 15 is 0 Å². The van der Waals surface area contributed by atoms with Gasteiger partial charge in [-0.3, -0.25) is 0 Å². The molecule has 26 heavy (non-hydrogen) atoms. The molecule has 0 amide bonds. The van der Waals surface area contributed by atoms with Crippen LogP contribution in [0.15, 0.2) is 42.6 Å². The third-order valence-electron chi connectivity index (χ3n) is 4.42. The van der Waals surface area contributed by atoms with Gasteiger partial charge in [-0.25, -0.2) is 9.37 Å². The molecule has 0 aliphatic carbocycles. The predicted octanol–water partition coefficient (Wildman–Crippen LogP) is 3.88. The highest BCUT2D eigenvalue weighted by atomic mass is 32.1. The largest absolute Gasteiger partial charge is 0.357 e. The van der Waals surface area contributed by atoms with Crippen LogP contribution in [0.25, 0.3) is 0 Å². The molecule has 1 fully saturated rings. The predicted molar refractivity (Wildman–Crippen MR) is 102 cm³/mol. The van der Waals surface area contributed by atoms with E-state index < -0.39 is 0 Å². The molecular formula is C19H20FN5S. The zero-order valence-corrected chi connectivity index (χ0v) is 15.2. The van der Waals surface area contributed by atoms with Crippen LogP contribution in [0, 0.1) is 5.82 Å². The van der Waals surface area contributed by atoms with Crippen LogP contribution in [0.2, 0.25) is 0 Å². The molecule has 0 radical (unpaired) electrons. The van der Waals surface area contributed by atoms with Crippen LogP contribution >= 0.6 is 11.3 Å². The third-order valence-corrected chi connectivity index (χ3v) is 5.30. The number of hydrogen-bond donors (Lipinski definition) is 1. The normalized spacial score (nSPS) is 14.0. The first-order chi connectivity index (χ1) is 12.8. The minimum atomic E-state index is -0.223. The molecule has 1 aromatic carbocycles. The number of rotatable bonds is 6. The van der Waals surface area contributed by atoms with Crippen LogP contribution in [0.5, 0.6) is 0 Å². The molecule has 1 aliphatic rings. The van der Waals surface area contributed by atoms with Crippen molar-refractivity contribution < 1.29 is 4.39 Å². The maximum atomic E-state index is 13.0. The van der Waals surface area contributed by atoms with Crippen molar-refractivity contribution in [3.8, 4) is 0 Å². The van der Waals surface area contributed by atoms with Crippen molar-refractivity contribution in [1.82, 2.24) is 15.2 Å². The molecule has 1 saturated heterocycles. The minimum absolute atomic E-state index is 0.223. The molecule has 4 rings (SSSR count). The van der Waals surface area contributed by atoms with Crippen LogP contribution in [-0.4, -0.2) is 28.3 Å². The van der Waals surface area contributed by atoms with Crippen LogP contribution in [0.4, 0.5) is 15.3 Å². The summed E-state index contributed by atoms with van der Waals surface area (Å²) in [6.45, 7) is 2.87. The number of anilines is 2. The Morgan fingerprint density at radius 3 is 2.65 bits per heavy atom. The van der Waals surface area contributed by atoms with E-state index in [4.69, 9.17) is 0 Å². The maximum absolute atomic E-state index is 13.0. The Balaban J connectivity index is 1.35. The summed E-state index contributed by atoms with van der Waals surface area (Å²) >= 11 is 1.53. The van der Waals surface area contributed by atoms with Gasteiger partial charge in [0.2, 0.25) is 5.13 Å². The fourth-order valence-electron chi connectivity index (χ4n) is 3.04. The van der Waals surface area contributed by atoms with E-state index in [0.29, 0.717) is 13.0 Å². The summed E-state index contributed by atoms with van der Waals surface area (Å²) < 4.78 is 13.0. The average Bonchev–Trinajstić information content (AvgIpc) is 3.34. The van der Waals surface area contributed by atoms with Gasteiger partial charge in [0.05, 0.1) is 0 Å². The number of nitrogens with one attached hydrogen (secondary N) is 1. The zero-order valence-electron chi connectivity index (χ0n) is 14.4. The van der Waals surface area contributed by atoms with E-state index in [1.54, 1.807) is 12.1 Å². The molecule has 0 spiro atoms. The first kappa shape index (κ1) is 16.9. The number of halogens is 1. The molecule has 134 valence electrons. The smallest absolute Gasteiger partial charge is 0.205 e. The topological polar surface area (TPSA) is 53.9 Å². The Morgan fingerprint density at radius 2 is 1.85 bits per heavy atom. The van der Waals surface area contributed by atoms with E-state index in [-0.39, 0.29) is 5.82 Å². The Hall–Kier alpha value is -2.54. The molecule has 0 unspecified atom stereocenters. The van der Waals surface area contributed by atoms with Crippen molar-refractivity contribution in [3.05, 3.63) is 64.5 Å². The highest BCUT2D eigenvalue weighted by Crippen LogP contribution is 2.21. The summed E-state index contributed by atoms with van der Waals surface area (Å²) in [6.07, 6.45) is 5.01. The first-order valence-electron chi connectivity index (χ1n) is 8.77. The molecule has 3 aromatic rings. The quantitative estimate of drug-likeness (QED) is 0.715. The molecule has 2 aromatic heterocycles. The lowest BCUT2D eigenvalue weighted by Gasteiger charge is -2.16. The van der Waals surface area contributed by atoms with Crippen molar-refractivity contribution in [2.45, 2.75) is 25.8 Å². The number of benzene rings is 1. The van der Waals surface area contributed by atoms with E-state index in [9.17, 15) is 4.39 Å². The first-order valence-corrected chi connectivity index (χ1v) is 9.58. The fraction of sp³-hybridized carbons (Fsp3) is 0.316. The summed E-state index contributed by atoms with van der Waals surface area (Å²) in [6, 6.07) is 10.7. The molecule has 5 nitrogen and oxygen atoms in total. The van der Waals surface area contributed by atoms with Gasteiger partial charge in [0.15, 0.2) is 0 Å². The Bertz CT molecular complexity index is 858. The van der Waals surface area contributed by atoms with Crippen LogP contribution in [0.3, 0.4) is 0 Å². The lowest BCUT2D eigenvalue weighted by molar-refractivity contribution is 0.627. The zero-order chi connectivity index (χ0) is 17.8. The van der Waals surface area contributed by atoms with Crippen molar-refractivity contribution in [2.24, 2.45) is 0 Å². The number of aromatic nitrogens is 3. The monoisotopic (exact) mass is 369 g/mol. The highest BCUT2D eigenvalue weighted by molar-refractivity contribution is 7.15. The molecule has 0 bridgehead atoms. The van der Waals surface area contributed by atoms with Crippen molar-refractivity contribution >= 4 is 22.3 Å². The number of hydrogen-bond acceptors (Lipinski definition) is 6. The Morgan fingerprint density at radius 1 is 1.04 bits per heavy atom. The lowest BCUT2D eigenvalue weighted by Crippen LogP contribution is -2.19. The fourth-order valence-corrected chi connectivity index (χ4v) is 3.81. The van der Waals surface area contributed by atoms with Gasteiger partial charge < -0.3 is 10.2 Å². The molecule has 1 aliphatic heterocycles. The molecule has 3 heterocycles. The summed E-state index contributed by atoms with van der Waals surface area (Å²) in [7, 11) is 0. The van der Waals surface area contributed by atoms with Gasteiger partial charge >= 0.3 is 0 Å². The SMILES string of the molecule is Fc1ccc(Cc2nnc(NCc3ccnc(N4CCCC4)c3)s2)cc1. The van der Waals surface area contributed by atoms with Crippen molar-refractivity contribution in [3.63, 3.8) is 0 Å². The van der Waals surface area contributed by atoms with Gasteiger partial charge in [-0.1, -0.05) is 23.5 Å². The van der Waals surface area contributed by atoms with Crippen molar-refractivity contribution in [2.75, 3.05) is 23.3 Å². The van der Waals surface area contributed by atoms with E-state index in [1.807, 2.05) is 12.3 Å².